The number of rotatable bonds is 4. The van der Waals surface area contributed by atoms with Gasteiger partial charge in [0.15, 0.2) is 5.78 Å². The molecule has 6 nitrogen and oxygen atoms in total. The molecule has 3 aromatic carbocycles. The Hall–Kier alpha value is -4.26. The van der Waals surface area contributed by atoms with Crippen molar-refractivity contribution in [2.24, 2.45) is 5.92 Å². The summed E-state index contributed by atoms with van der Waals surface area (Å²) in [5.74, 6) is -1.03. The molecule has 0 unspecified atom stereocenters. The molecule has 0 radical (unpaired) electrons. The number of ketones is 1. The van der Waals surface area contributed by atoms with Crippen LogP contribution in [0.2, 0.25) is 0 Å². The fourth-order valence-corrected chi connectivity index (χ4v) is 5.57. The van der Waals surface area contributed by atoms with Gasteiger partial charge in [-0.05, 0) is 72.7 Å². The largest absolute Gasteiger partial charge is 0.465 e. The number of nitrogens with one attached hydrogen (secondary N) is 1. The first kappa shape index (κ1) is 24.1. The molecule has 3 aliphatic rings. The van der Waals surface area contributed by atoms with E-state index in [1.165, 1.54) is 19.2 Å². The number of para-hydroxylation sites is 2. The quantitative estimate of drug-likeness (QED) is 0.441. The van der Waals surface area contributed by atoms with Gasteiger partial charge in [-0.25, -0.2) is 9.18 Å². The highest BCUT2D eigenvalue weighted by Crippen LogP contribution is 2.49. The van der Waals surface area contributed by atoms with Crippen LogP contribution < -0.4 is 10.2 Å². The van der Waals surface area contributed by atoms with Gasteiger partial charge in [-0.3, -0.25) is 14.5 Å². The Morgan fingerprint density at radius 1 is 0.921 bits per heavy atom. The van der Waals surface area contributed by atoms with Crippen molar-refractivity contribution < 1.29 is 23.5 Å². The van der Waals surface area contributed by atoms with E-state index >= 15 is 0 Å². The van der Waals surface area contributed by atoms with Crippen molar-refractivity contribution in [3.63, 3.8) is 0 Å². The molecule has 2 aliphatic carbocycles. The van der Waals surface area contributed by atoms with Gasteiger partial charge in [0.05, 0.1) is 30.1 Å². The van der Waals surface area contributed by atoms with Gasteiger partial charge in [-0.15, -0.1) is 0 Å². The molecule has 1 amide bonds. The molecule has 38 heavy (non-hydrogen) atoms. The first-order chi connectivity index (χ1) is 18.4. The number of hydrogen-bond donors (Lipinski definition) is 1. The maximum Gasteiger partial charge on any atom is 0.337 e. The molecule has 2 atom stereocenters. The number of carbonyl (C=O) groups is 3. The zero-order chi connectivity index (χ0) is 26.4. The Labute approximate surface area is 220 Å². The second-order valence-electron chi connectivity index (χ2n) is 10.1. The number of carbonyl (C=O) groups excluding carboxylic acids is 3. The summed E-state index contributed by atoms with van der Waals surface area (Å²) in [4.78, 5) is 41.6. The first-order valence-corrected chi connectivity index (χ1v) is 12.8. The van der Waals surface area contributed by atoms with Gasteiger partial charge in [0, 0.05) is 23.6 Å². The highest BCUT2D eigenvalue weighted by atomic mass is 19.1. The van der Waals surface area contributed by atoms with E-state index in [9.17, 15) is 18.8 Å². The molecule has 1 N–H and O–H groups in total. The second-order valence-corrected chi connectivity index (χ2v) is 10.1. The summed E-state index contributed by atoms with van der Waals surface area (Å²) in [6.07, 6.45) is 2.45. The lowest BCUT2D eigenvalue weighted by molar-refractivity contribution is -0.120. The Morgan fingerprint density at radius 3 is 2.29 bits per heavy atom. The van der Waals surface area contributed by atoms with Crippen molar-refractivity contribution in [2.75, 3.05) is 17.3 Å². The van der Waals surface area contributed by atoms with Crippen molar-refractivity contribution in [1.29, 1.82) is 0 Å². The van der Waals surface area contributed by atoms with E-state index in [-0.39, 0.29) is 35.8 Å². The van der Waals surface area contributed by atoms with Gasteiger partial charge >= 0.3 is 5.97 Å². The molecule has 0 bridgehead atoms. The molecule has 3 aromatic rings. The topological polar surface area (TPSA) is 75.7 Å². The number of fused-ring (bicyclic) bond motifs is 1. The smallest absolute Gasteiger partial charge is 0.337 e. The van der Waals surface area contributed by atoms with Gasteiger partial charge < -0.3 is 10.1 Å². The molecule has 7 heteroatoms. The third kappa shape index (κ3) is 4.28. The average molecular weight is 511 g/mol. The van der Waals surface area contributed by atoms with Crippen molar-refractivity contribution in [3.05, 3.63) is 107 Å². The summed E-state index contributed by atoms with van der Waals surface area (Å²) >= 11 is 0. The predicted octanol–water partition coefficient (Wildman–Crippen LogP) is 5.92. The van der Waals surface area contributed by atoms with Gasteiger partial charge in [0.1, 0.15) is 5.82 Å². The van der Waals surface area contributed by atoms with Crippen molar-refractivity contribution in [3.8, 4) is 0 Å². The lowest BCUT2D eigenvalue weighted by atomic mass is 9.78. The molecule has 0 spiro atoms. The Bertz CT molecular complexity index is 1460. The first-order valence-electron chi connectivity index (χ1n) is 12.8. The van der Waals surface area contributed by atoms with Crippen LogP contribution in [0, 0.1) is 11.7 Å². The van der Waals surface area contributed by atoms with E-state index in [4.69, 9.17) is 4.74 Å². The van der Waals surface area contributed by atoms with Gasteiger partial charge in [0.25, 0.3) is 0 Å². The number of allylic oxidation sites excluding steroid dienone is 1. The number of esters is 1. The summed E-state index contributed by atoms with van der Waals surface area (Å²) in [6, 6.07) is 20.2. The summed E-state index contributed by atoms with van der Waals surface area (Å²) in [5, 5.41) is 3.50. The summed E-state index contributed by atoms with van der Waals surface area (Å²) < 4.78 is 18.4. The molecule has 1 aliphatic heterocycles. The molecular weight excluding hydrogens is 483 g/mol. The number of nitrogens with zero attached hydrogens (tertiary/aromatic N) is 1. The van der Waals surface area contributed by atoms with E-state index in [0.717, 1.165) is 35.4 Å². The third-order valence-corrected chi connectivity index (χ3v) is 7.64. The number of benzene rings is 3. The lowest BCUT2D eigenvalue weighted by Gasteiger charge is -2.35. The monoisotopic (exact) mass is 510 g/mol. The van der Waals surface area contributed by atoms with E-state index in [1.54, 1.807) is 41.3 Å². The highest BCUT2D eigenvalue weighted by molar-refractivity contribution is 6.07. The normalized spacial score (nSPS) is 20.7. The number of Topliss-reactive ketones (excluding diaryl/α,β-unsaturated/α-hetero) is 1. The minimum Gasteiger partial charge on any atom is -0.465 e. The summed E-state index contributed by atoms with van der Waals surface area (Å²) in [6.45, 7) is 0. The van der Waals surface area contributed by atoms with Crippen molar-refractivity contribution >= 4 is 29.0 Å². The number of methoxy groups -OCH3 is 1. The standard InChI is InChI=1S/C31H27FN2O4/c1-38-31(37)21-10-6-19(7-11-21)29-28-25(16-22(17-27(28)35)18-12-14-23(32)15-13-18)33-24-4-2-3-5-26(24)34(29)30(36)20-8-9-20/h2-7,10-15,20,22,29,33H,8-9,16-17H2,1H3/t22-,29+/m1/s1. The molecule has 0 aromatic heterocycles. The molecule has 1 saturated carbocycles. The van der Waals surface area contributed by atoms with Crippen LogP contribution in [0.25, 0.3) is 0 Å². The van der Waals surface area contributed by atoms with E-state index in [2.05, 4.69) is 5.32 Å². The fourth-order valence-electron chi connectivity index (χ4n) is 5.57. The Kier molecular flexibility index (Phi) is 6.06. The molecule has 1 heterocycles. The zero-order valence-electron chi connectivity index (χ0n) is 20.9. The lowest BCUT2D eigenvalue weighted by Crippen LogP contribution is -2.39. The molecule has 192 valence electrons. The fraction of sp³-hybridized carbons (Fsp3) is 0.258. The average Bonchev–Trinajstić information content (AvgIpc) is 3.79. The van der Waals surface area contributed by atoms with Gasteiger partial charge in [0.2, 0.25) is 5.91 Å². The van der Waals surface area contributed by atoms with Crippen LogP contribution in [-0.4, -0.2) is 24.8 Å². The number of halogens is 1. The van der Waals surface area contributed by atoms with Crippen molar-refractivity contribution in [2.45, 2.75) is 37.6 Å². The summed E-state index contributed by atoms with van der Waals surface area (Å²) in [7, 11) is 1.33. The number of anilines is 2. The highest BCUT2D eigenvalue weighted by Gasteiger charge is 2.45. The Balaban J connectivity index is 1.51. The second kappa shape index (κ2) is 9.56. The minimum absolute atomic E-state index is 0.0106. The van der Waals surface area contributed by atoms with Crippen LogP contribution in [0.4, 0.5) is 15.8 Å². The molecular formula is C31H27FN2O4. The Morgan fingerprint density at radius 2 is 1.61 bits per heavy atom. The maximum absolute atomic E-state index is 14.0. The number of hydrogen-bond acceptors (Lipinski definition) is 5. The van der Waals surface area contributed by atoms with Gasteiger partial charge in [-0.2, -0.15) is 0 Å². The molecule has 6 rings (SSSR count). The van der Waals surface area contributed by atoms with E-state index < -0.39 is 12.0 Å². The van der Waals surface area contributed by atoms with Crippen LogP contribution in [0.5, 0.6) is 0 Å². The third-order valence-electron chi connectivity index (χ3n) is 7.64. The minimum atomic E-state index is -0.650. The predicted molar refractivity (Wildman–Crippen MR) is 141 cm³/mol. The van der Waals surface area contributed by atoms with Crippen molar-refractivity contribution in [1.82, 2.24) is 0 Å². The zero-order valence-corrected chi connectivity index (χ0v) is 20.9. The van der Waals surface area contributed by atoms with Gasteiger partial charge in [-0.1, -0.05) is 36.4 Å². The number of ether oxygens (including phenoxy) is 1. The molecule has 0 saturated heterocycles. The van der Waals surface area contributed by atoms with E-state index in [0.29, 0.717) is 23.2 Å². The van der Waals surface area contributed by atoms with Crippen LogP contribution >= 0.6 is 0 Å². The summed E-state index contributed by atoms with van der Waals surface area (Å²) in [5.41, 5.74) is 4.82. The SMILES string of the molecule is COC(=O)c1ccc([C@H]2C3=C(C[C@@H](c4ccc(F)cc4)CC3=O)Nc3ccccc3N2C(=O)C2CC2)cc1. The number of amides is 1. The van der Waals surface area contributed by atoms with E-state index in [1.807, 2.05) is 24.3 Å². The maximum atomic E-state index is 14.0. The van der Waals surface area contributed by atoms with Crippen LogP contribution in [0.1, 0.15) is 59.1 Å². The van der Waals surface area contributed by atoms with Crippen LogP contribution in [0.3, 0.4) is 0 Å². The molecule has 1 fully saturated rings. The van der Waals surface area contributed by atoms with Crippen LogP contribution in [-0.2, 0) is 14.3 Å². The van der Waals surface area contributed by atoms with Crippen LogP contribution in [0.15, 0.2) is 84.1 Å².